The summed E-state index contributed by atoms with van der Waals surface area (Å²) >= 11 is 0. The molecule has 1 aromatic rings. The first-order chi connectivity index (χ1) is 9.06. The second-order valence-electron chi connectivity index (χ2n) is 4.08. The van der Waals surface area contributed by atoms with Crippen LogP contribution in [-0.4, -0.2) is 46.1 Å². The number of aromatic nitrogens is 2. The van der Waals surface area contributed by atoms with Crippen LogP contribution in [0.3, 0.4) is 0 Å². The average Bonchev–Trinajstić information content (AvgIpc) is 2.34. The average molecular weight is 272 g/mol. The molecule has 0 atom stereocenters. The van der Waals surface area contributed by atoms with Crippen molar-refractivity contribution in [2.24, 2.45) is 0 Å². The molecular formula is C11H20N4O4. The number of hydrogen-bond donors (Lipinski definition) is 4. The first-order valence-electron chi connectivity index (χ1n) is 6.16. The molecule has 1 rings (SSSR count). The Morgan fingerprint density at radius 2 is 1.84 bits per heavy atom. The predicted octanol–water partition coefficient (Wildman–Crippen LogP) is -1.68. The van der Waals surface area contributed by atoms with E-state index in [0.29, 0.717) is 13.0 Å². The van der Waals surface area contributed by atoms with Gasteiger partial charge >= 0.3 is 5.69 Å². The third-order valence-electron chi connectivity index (χ3n) is 2.72. The maximum absolute atomic E-state index is 11.9. The maximum atomic E-state index is 11.9. The number of nitrogen functional groups attached to an aromatic ring is 1. The number of H-pyrrole nitrogens is 1. The molecule has 0 fully saturated rings. The first-order valence-corrected chi connectivity index (χ1v) is 6.16. The SMILES string of the molecule is CCCn1c(N)c(N(CCO)CCO)c(=O)[nH]c1=O. The standard InChI is InChI=1S/C11H20N4O4/c1-2-3-15-9(12)8(10(18)13-11(15)19)14(4-6-16)5-7-17/h16-17H,2-7,12H2,1H3,(H,13,18,19). The third-order valence-corrected chi connectivity index (χ3v) is 2.72. The van der Waals surface area contributed by atoms with Gasteiger partial charge in [-0.1, -0.05) is 6.92 Å². The summed E-state index contributed by atoms with van der Waals surface area (Å²) in [6.07, 6.45) is 0.690. The second-order valence-corrected chi connectivity index (χ2v) is 4.08. The number of aliphatic hydroxyl groups is 2. The lowest BCUT2D eigenvalue weighted by Crippen LogP contribution is -2.40. The molecule has 0 spiro atoms. The minimum absolute atomic E-state index is 0.0532. The summed E-state index contributed by atoms with van der Waals surface area (Å²) in [6, 6.07) is 0. The van der Waals surface area contributed by atoms with Gasteiger partial charge in [0.25, 0.3) is 5.56 Å². The van der Waals surface area contributed by atoms with Crippen molar-refractivity contribution in [1.29, 1.82) is 0 Å². The molecule has 108 valence electrons. The van der Waals surface area contributed by atoms with Crippen LogP contribution in [-0.2, 0) is 6.54 Å². The second kappa shape index (κ2) is 6.95. The van der Waals surface area contributed by atoms with Crippen molar-refractivity contribution in [3.05, 3.63) is 20.8 Å². The van der Waals surface area contributed by atoms with Crippen LogP contribution < -0.4 is 21.9 Å². The van der Waals surface area contributed by atoms with E-state index in [1.165, 1.54) is 9.47 Å². The fourth-order valence-corrected chi connectivity index (χ4v) is 1.91. The monoisotopic (exact) mass is 272 g/mol. The highest BCUT2D eigenvalue weighted by atomic mass is 16.3. The molecular weight excluding hydrogens is 252 g/mol. The number of hydrogen-bond acceptors (Lipinski definition) is 6. The zero-order valence-corrected chi connectivity index (χ0v) is 10.9. The topological polar surface area (TPSA) is 125 Å². The Kier molecular flexibility index (Phi) is 5.58. The van der Waals surface area contributed by atoms with Crippen LogP contribution in [0.1, 0.15) is 13.3 Å². The van der Waals surface area contributed by atoms with E-state index in [1.807, 2.05) is 6.92 Å². The minimum atomic E-state index is -0.614. The van der Waals surface area contributed by atoms with E-state index < -0.39 is 11.2 Å². The van der Waals surface area contributed by atoms with Crippen LogP contribution in [0.2, 0.25) is 0 Å². The number of aliphatic hydroxyl groups excluding tert-OH is 2. The minimum Gasteiger partial charge on any atom is -0.395 e. The largest absolute Gasteiger partial charge is 0.395 e. The molecule has 0 radical (unpaired) electrons. The van der Waals surface area contributed by atoms with Crippen molar-refractivity contribution in [3.8, 4) is 0 Å². The molecule has 8 nitrogen and oxygen atoms in total. The van der Waals surface area contributed by atoms with E-state index >= 15 is 0 Å². The Balaban J connectivity index is 3.36. The Morgan fingerprint density at radius 3 is 2.32 bits per heavy atom. The van der Waals surface area contributed by atoms with Gasteiger partial charge in [0.1, 0.15) is 11.5 Å². The van der Waals surface area contributed by atoms with E-state index in [1.54, 1.807) is 0 Å². The normalized spacial score (nSPS) is 10.7. The first kappa shape index (κ1) is 15.3. The van der Waals surface area contributed by atoms with Gasteiger partial charge in [-0.25, -0.2) is 4.79 Å². The quantitative estimate of drug-likeness (QED) is 0.470. The van der Waals surface area contributed by atoms with Crippen LogP contribution >= 0.6 is 0 Å². The molecule has 1 aromatic heterocycles. The third kappa shape index (κ3) is 3.36. The molecule has 0 bridgehead atoms. The van der Waals surface area contributed by atoms with Crippen molar-refractivity contribution in [1.82, 2.24) is 9.55 Å². The molecule has 19 heavy (non-hydrogen) atoms. The molecule has 0 aliphatic carbocycles. The van der Waals surface area contributed by atoms with Gasteiger partial charge in [0.2, 0.25) is 0 Å². The van der Waals surface area contributed by atoms with Crippen molar-refractivity contribution >= 4 is 11.5 Å². The van der Waals surface area contributed by atoms with Gasteiger partial charge in [0.15, 0.2) is 0 Å². The number of anilines is 2. The molecule has 0 aromatic carbocycles. The summed E-state index contributed by atoms with van der Waals surface area (Å²) in [7, 11) is 0. The van der Waals surface area contributed by atoms with E-state index in [4.69, 9.17) is 15.9 Å². The zero-order valence-electron chi connectivity index (χ0n) is 10.9. The summed E-state index contributed by atoms with van der Waals surface area (Å²) in [6.45, 7) is 2.20. The van der Waals surface area contributed by atoms with Crippen molar-refractivity contribution < 1.29 is 10.2 Å². The van der Waals surface area contributed by atoms with Gasteiger partial charge < -0.3 is 20.8 Å². The highest BCUT2D eigenvalue weighted by molar-refractivity contribution is 5.62. The van der Waals surface area contributed by atoms with E-state index in [2.05, 4.69) is 4.98 Å². The van der Waals surface area contributed by atoms with E-state index in [9.17, 15) is 9.59 Å². The summed E-state index contributed by atoms with van der Waals surface area (Å²) in [5.74, 6) is 0.0532. The highest BCUT2D eigenvalue weighted by Crippen LogP contribution is 2.15. The molecule has 0 saturated carbocycles. The number of nitrogens with two attached hydrogens (primary N) is 1. The summed E-state index contributed by atoms with van der Waals surface area (Å²) in [5, 5.41) is 18.0. The van der Waals surface area contributed by atoms with Crippen molar-refractivity contribution in [2.45, 2.75) is 19.9 Å². The predicted molar refractivity (Wildman–Crippen MR) is 72.4 cm³/mol. The lowest BCUT2D eigenvalue weighted by molar-refractivity contribution is 0.281. The summed E-state index contributed by atoms with van der Waals surface area (Å²) in [4.78, 5) is 27.2. The molecule has 0 saturated heterocycles. The van der Waals surface area contributed by atoms with Gasteiger partial charge in [0, 0.05) is 19.6 Å². The van der Waals surface area contributed by atoms with Crippen LogP contribution in [0.15, 0.2) is 9.59 Å². The Morgan fingerprint density at radius 1 is 1.26 bits per heavy atom. The van der Waals surface area contributed by atoms with Crippen LogP contribution in [0, 0.1) is 0 Å². The van der Waals surface area contributed by atoms with Gasteiger partial charge in [-0.15, -0.1) is 0 Å². The highest BCUT2D eigenvalue weighted by Gasteiger charge is 2.17. The summed E-state index contributed by atoms with van der Waals surface area (Å²) < 4.78 is 1.28. The number of nitrogens with zero attached hydrogens (tertiary/aromatic N) is 2. The van der Waals surface area contributed by atoms with Gasteiger partial charge in [-0.2, -0.15) is 0 Å². The molecule has 0 aliphatic rings. The van der Waals surface area contributed by atoms with Gasteiger partial charge in [-0.05, 0) is 6.42 Å². The van der Waals surface area contributed by atoms with Crippen molar-refractivity contribution in [2.75, 3.05) is 36.9 Å². The van der Waals surface area contributed by atoms with E-state index in [-0.39, 0.29) is 37.8 Å². The number of nitrogens with one attached hydrogen (secondary N) is 1. The Hall–Kier alpha value is -1.80. The molecule has 8 heteroatoms. The Bertz CT molecular complexity index is 516. The molecule has 5 N–H and O–H groups in total. The van der Waals surface area contributed by atoms with Gasteiger partial charge in [-0.3, -0.25) is 14.3 Å². The number of rotatable bonds is 7. The lowest BCUT2D eigenvalue weighted by Gasteiger charge is -2.24. The number of aromatic amines is 1. The van der Waals surface area contributed by atoms with Crippen LogP contribution in [0.5, 0.6) is 0 Å². The molecule has 0 amide bonds. The Labute approximate surface area is 110 Å². The smallest absolute Gasteiger partial charge is 0.330 e. The molecule has 0 aliphatic heterocycles. The fraction of sp³-hybridized carbons (Fsp3) is 0.636. The van der Waals surface area contributed by atoms with Crippen molar-refractivity contribution in [3.63, 3.8) is 0 Å². The fourth-order valence-electron chi connectivity index (χ4n) is 1.91. The maximum Gasteiger partial charge on any atom is 0.330 e. The van der Waals surface area contributed by atoms with Gasteiger partial charge in [0.05, 0.1) is 13.2 Å². The zero-order chi connectivity index (χ0) is 14.4. The van der Waals surface area contributed by atoms with E-state index in [0.717, 1.165) is 0 Å². The van der Waals surface area contributed by atoms with Crippen LogP contribution in [0.4, 0.5) is 11.5 Å². The van der Waals surface area contributed by atoms with Crippen LogP contribution in [0.25, 0.3) is 0 Å². The summed E-state index contributed by atoms with van der Waals surface area (Å²) in [5.41, 5.74) is 4.81. The molecule has 1 heterocycles. The lowest BCUT2D eigenvalue weighted by atomic mass is 10.3. The molecule has 0 unspecified atom stereocenters.